The van der Waals surface area contributed by atoms with Gasteiger partial charge in [-0.15, -0.1) is 0 Å². The minimum absolute atomic E-state index is 0.413. The number of benzene rings is 1. The Balaban J connectivity index is 1.83. The molecular weight excluding hydrogens is 360 g/mol. The van der Waals surface area contributed by atoms with Crippen LogP contribution in [0.2, 0.25) is 0 Å². The first-order chi connectivity index (χ1) is 13.8. The van der Waals surface area contributed by atoms with Gasteiger partial charge in [-0.2, -0.15) is 5.10 Å². The molecule has 0 aliphatic carbocycles. The molecule has 2 aromatic rings. The number of guanidine groups is 1. The lowest BCUT2D eigenvalue weighted by Gasteiger charge is -2.26. The van der Waals surface area contributed by atoms with E-state index in [2.05, 4.69) is 96.6 Å². The maximum atomic E-state index is 4.61. The highest BCUT2D eigenvalue weighted by Gasteiger charge is 2.15. The van der Waals surface area contributed by atoms with Crippen LogP contribution in [-0.2, 0) is 20.1 Å². The fourth-order valence-electron chi connectivity index (χ4n) is 3.52. The van der Waals surface area contributed by atoms with Gasteiger partial charge in [0.25, 0.3) is 0 Å². The van der Waals surface area contributed by atoms with Crippen LogP contribution in [0, 0.1) is 0 Å². The van der Waals surface area contributed by atoms with Gasteiger partial charge >= 0.3 is 0 Å². The molecule has 1 aromatic carbocycles. The van der Waals surface area contributed by atoms with Gasteiger partial charge in [-0.1, -0.05) is 44.2 Å². The number of aliphatic imine (C=N–C) groups is 1. The Morgan fingerprint density at radius 1 is 1.14 bits per heavy atom. The lowest BCUT2D eigenvalue weighted by molar-refractivity contribution is 0.238. The summed E-state index contributed by atoms with van der Waals surface area (Å²) in [5.41, 5.74) is 3.76. The first-order valence-electron chi connectivity index (χ1n) is 10.5. The van der Waals surface area contributed by atoms with Crippen LogP contribution in [-0.4, -0.2) is 59.3 Å². The van der Waals surface area contributed by atoms with E-state index in [1.54, 1.807) is 0 Å². The standard InChI is InChI=1S/C23H38N6/c1-18(2)22-21(17-29(7)26-22)16-28(6)23(24-4)25-14-13-19(3)27(5)15-20-11-9-8-10-12-20/h8-12,17-19H,13-16H2,1-7H3,(H,24,25). The predicted molar refractivity (Wildman–Crippen MR) is 122 cm³/mol. The second-order valence-corrected chi connectivity index (χ2v) is 8.24. The first-order valence-corrected chi connectivity index (χ1v) is 10.5. The number of hydrogen-bond donors (Lipinski definition) is 1. The summed E-state index contributed by atoms with van der Waals surface area (Å²) in [6, 6.07) is 11.1. The van der Waals surface area contributed by atoms with E-state index in [0.717, 1.165) is 37.7 Å². The van der Waals surface area contributed by atoms with Gasteiger partial charge in [0.2, 0.25) is 0 Å². The molecule has 6 heteroatoms. The average molecular weight is 399 g/mol. The lowest BCUT2D eigenvalue weighted by Crippen LogP contribution is -2.40. The van der Waals surface area contributed by atoms with E-state index in [-0.39, 0.29) is 0 Å². The van der Waals surface area contributed by atoms with Crippen LogP contribution in [0.1, 0.15) is 49.9 Å². The zero-order valence-electron chi connectivity index (χ0n) is 19.2. The van der Waals surface area contributed by atoms with E-state index < -0.39 is 0 Å². The fourth-order valence-corrected chi connectivity index (χ4v) is 3.52. The Hall–Kier alpha value is -2.34. The van der Waals surface area contributed by atoms with Crippen molar-refractivity contribution in [3.8, 4) is 0 Å². The number of rotatable bonds is 9. The van der Waals surface area contributed by atoms with Crippen molar-refractivity contribution in [2.45, 2.75) is 52.2 Å². The van der Waals surface area contributed by atoms with E-state index in [9.17, 15) is 0 Å². The topological polar surface area (TPSA) is 48.7 Å². The molecule has 0 saturated heterocycles. The fraction of sp³-hybridized carbons (Fsp3) is 0.565. The van der Waals surface area contributed by atoms with E-state index in [0.29, 0.717) is 12.0 Å². The summed E-state index contributed by atoms with van der Waals surface area (Å²) < 4.78 is 1.90. The van der Waals surface area contributed by atoms with Gasteiger partial charge in [-0.25, -0.2) is 0 Å². The molecule has 0 spiro atoms. The third kappa shape index (κ3) is 6.89. The van der Waals surface area contributed by atoms with Crippen molar-refractivity contribution < 1.29 is 0 Å². The van der Waals surface area contributed by atoms with Crippen LogP contribution < -0.4 is 5.32 Å². The number of nitrogens with one attached hydrogen (secondary N) is 1. The zero-order valence-corrected chi connectivity index (χ0v) is 19.2. The first kappa shape index (κ1) is 22.9. The van der Waals surface area contributed by atoms with Crippen LogP contribution in [0.15, 0.2) is 41.5 Å². The van der Waals surface area contributed by atoms with E-state index in [4.69, 9.17) is 0 Å². The van der Waals surface area contributed by atoms with Gasteiger partial charge in [0.15, 0.2) is 5.96 Å². The molecule has 1 N–H and O–H groups in total. The molecule has 1 unspecified atom stereocenters. The Morgan fingerprint density at radius 2 is 1.83 bits per heavy atom. The molecule has 0 aliphatic rings. The van der Waals surface area contributed by atoms with Crippen LogP contribution in [0.4, 0.5) is 0 Å². The molecule has 2 rings (SSSR count). The van der Waals surface area contributed by atoms with E-state index in [1.807, 2.05) is 18.8 Å². The van der Waals surface area contributed by atoms with Crippen molar-refractivity contribution in [3.63, 3.8) is 0 Å². The summed E-state index contributed by atoms with van der Waals surface area (Å²) in [6.07, 6.45) is 3.17. The van der Waals surface area contributed by atoms with Crippen molar-refractivity contribution >= 4 is 5.96 Å². The maximum absolute atomic E-state index is 4.61. The summed E-state index contributed by atoms with van der Waals surface area (Å²) in [7, 11) is 8.10. The Morgan fingerprint density at radius 3 is 2.45 bits per heavy atom. The molecular formula is C23H38N6. The van der Waals surface area contributed by atoms with Gasteiger partial charge in [0.05, 0.1) is 5.69 Å². The Bertz CT molecular complexity index is 765. The third-order valence-electron chi connectivity index (χ3n) is 5.34. The van der Waals surface area contributed by atoms with Gasteiger partial charge in [-0.3, -0.25) is 14.6 Å². The number of nitrogens with zero attached hydrogens (tertiary/aromatic N) is 5. The molecule has 0 bridgehead atoms. The van der Waals surface area contributed by atoms with Crippen LogP contribution in [0.25, 0.3) is 0 Å². The molecule has 29 heavy (non-hydrogen) atoms. The molecule has 0 radical (unpaired) electrons. The molecule has 1 heterocycles. The van der Waals surface area contributed by atoms with Gasteiger partial charge in [0.1, 0.15) is 0 Å². The smallest absolute Gasteiger partial charge is 0.193 e. The maximum Gasteiger partial charge on any atom is 0.193 e. The van der Waals surface area contributed by atoms with Crippen molar-refractivity contribution in [2.24, 2.45) is 12.0 Å². The summed E-state index contributed by atoms with van der Waals surface area (Å²) >= 11 is 0. The largest absolute Gasteiger partial charge is 0.356 e. The quantitative estimate of drug-likeness (QED) is 0.519. The number of aromatic nitrogens is 2. The van der Waals surface area contributed by atoms with Crippen molar-refractivity contribution in [2.75, 3.05) is 27.7 Å². The molecule has 0 aliphatic heterocycles. The second-order valence-electron chi connectivity index (χ2n) is 8.24. The summed E-state index contributed by atoms with van der Waals surface area (Å²) in [5.74, 6) is 1.33. The highest BCUT2D eigenvalue weighted by atomic mass is 15.3. The van der Waals surface area contributed by atoms with Crippen LogP contribution in [0.3, 0.4) is 0 Å². The highest BCUT2D eigenvalue weighted by molar-refractivity contribution is 5.79. The Labute approximate surface area is 176 Å². The van der Waals surface area contributed by atoms with Gasteiger partial charge in [-0.05, 0) is 31.9 Å². The summed E-state index contributed by atoms with van der Waals surface area (Å²) in [6.45, 7) is 9.31. The lowest BCUT2D eigenvalue weighted by atomic mass is 10.1. The molecule has 0 amide bonds. The van der Waals surface area contributed by atoms with Crippen molar-refractivity contribution in [1.29, 1.82) is 0 Å². The average Bonchev–Trinajstić information content (AvgIpc) is 3.06. The highest BCUT2D eigenvalue weighted by Crippen LogP contribution is 2.18. The molecule has 1 atom stereocenters. The molecule has 6 nitrogen and oxygen atoms in total. The van der Waals surface area contributed by atoms with Crippen molar-refractivity contribution in [1.82, 2.24) is 24.9 Å². The number of hydrogen-bond acceptors (Lipinski definition) is 3. The summed E-state index contributed by atoms with van der Waals surface area (Å²) in [4.78, 5) is 9.03. The number of aryl methyl sites for hydroxylation is 1. The molecule has 160 valence electrons. The second kappa shape index (κ2) is 11.0. The minimum atomic E-state index is 0.413. The Kier molecular flexibility index (Phi) is 8.70. The van der Waals surface area contributed by atoms with Crippen molar-refractivity contribution in [3.05, 3.63) is 53.3 Å². The normalized spacial score (nSPS) is 13.2. The zero-order chi connectivity index (χ0) is 21.4. The van der Waals surface area contributed by atoms with Crippen LogP contribution >= 0.6 is 0 Å². The van der Waals surface area contributed by atoms with Gasteiger partial charge in [0, 0.05) is 58.6 Å². The van der Waals surface area contributed by atoms with Crippen LogP contribution in [0.5, 0.6) is 0 Å². The van der Waals surface area contributed by atoms with E-state index >= 15 is 0 Å². The molecule has 0 saturated carbocycles. The van der Waals surface area contributed by atoms with Gasteiger partial charge < -0.3 is 10.2 Å². The summed E-state index contributed by atoms with van der Waals surface area (Å²) in [5, 5.41) is 8.13. The molecule has 0 fully saturated rings. The monoisotopic (exact) mass is 398 g/mol. The third-order valence-corrected chi connectivity index (χ3v) is 5.34. The SMILES string of the molecule is CN=C(NCCC(C)N(C)Cc1ccccc1)N(C)Cc1cn(C)nc1C(C)C. The molecule has 1 aromatic heterocycles. The van der Waals surface area contributed by atoms with E-state index in [1.165, 1.54) is 11.1 Å². The predicted octanol–water partition coefficient (Wildman–Crippen LogP) is 3.46. The minimum Gasteiger partial charge on any atom is -0.356 e.